The van der Waals surface area contributed by atoms with Crippen LogP contribution in [-0.2, 0) is 11.3 Å². The van der Waals surface area contributed by atoms with E-state index in [1.807, 2.05) is 55.5 Å². The van der Waals surface area contributed by atoms with Crippen molar-refractivity contribution in [2.45, 2.75) is 36.2 Å². The van der Waals surface area contributed by atoms with Gasteiger partial charge in [0.2, 0.25) is 11.7 Å². The number of fused-ring (bicyclic) bond motifs is 1. The average Bonchev–Trinajstić information content (AvgIpc) is 3.50. The molecule has 198 valence electrons. The fourth-order valence-corrected chi connectivity index (χ4v) is 6.81. The minimum absolute atomic E-state index is 0.0418. The second-order valence-corrected chi connectivity index (χ2v) is 11.5. The van der Waals surface area contributed by atoms with E-state index < -0.39 is 0 Å². The van der Waals surface area contributed by atoms with Gasteiger partial charge in [-0.1, -0.05) is 12.1 Å². The SMILES string of the molecule is COc1ccc(CN2C[C@H](Sc3ccccn3)C[C@H]2C(=O)Nc2ccc3sc(C)nc3c2)c(OC)c1OC. The van der Waals surface area contributed by atoms with Gasteiger partial charge in [-0.15, -0.1) is 23.1 Å². The van der Waals surface area contributed by atoms with Crippen molar-refractivity contribution >= 4 is 44.9 Å². The lowest BCUT2D eigenvalue weighted by atomic mass is 10.1. The molecule has 0 radical (unpaired) electrons. The van der Waals surface area contributed by atoms with E-state index in [-0.39, 0.29) is 17.2 Å². The number of likely N-dealkylation sites (tertiary alicyclic amines) is 1. The van der Waals surface area contributed by atoms with Crippen molar-refractivity contribution in [2.24, 2.45) is 0 Å². The molecular formula is C28H30N4O4S2. The van der Waals surface area contributed by atoms with Crippen LogP contribution in [0, 0.1) is 6.92 Å². The molecule has 2 aromatic carbocycles. The van der Waals surface area contributed by atoms with Crippen molar-refractivity contribution in [3.63, 3.8) is 0 Å². The molecule has 0 saturated carbocycles. The second-order valence-electron chi connectivity index (χ2n) is 8.99. The zero-order chi connectivity index (χ0) is 26.6. The number of hydrogen-bond donors (Lipinski definition) is 1. The third-order valence-electron chi connectivity index (χ3n) is 6.51. The molecule has 0 aliphatic carbocycles. The first kappa shape index (κ1) is 26.3. The molecule has 1 fully saturated rings. The number of amides is 1. The molecule has 0 spiro atoms. The van der Waals surface area contributed by atoms with Crippen LogP contribution < -0.4 is 19.5 Å². The Balaban J connectivity index is 1.40. The highest BCUT2D eigenvalue weighted by atomic mass is 32.2. The summed E-state index contributed by atoms with van der Waals surface area (Å²) in [5.41, 5.74) is 2.57. The maximum atomic E-state index is 13.7. The van der Waals surface area contributed by atoms with Crippen LogP contribution in [0.4, 0.5) is 5.69 Å². The van der Waals surface area contributed by atoms with Crippen molar-refractivity contribution in [1.82, 2.24) is 14.9 Å². The molecule has 1 saturated heterocycles. The quantitative estimate of drug-likeness (QED) is 0.297. The van der Waals surface area contributed by atoms with Crippen molar-refractivity contribution in [1.29, 1.82) is 0 Å². The number of pyridine rings is 1. The number of carbonyl (C=O) groups excluding carboxylic acids is 1. The summed E-state index contributed by atoms with van der Waals surface area (Å²) in [5, 5.41) is 5.30. The van der Waals surface area contributed by atoms with E-state index in [1.54, 1.807) is 50.6 Å². The molecule has 1 aliphatic heterocycles. The van der Waals surface area contributed by atoms with Crippen LogP contribution in [0.15, 0.2) is 59.8 Å². The van der Waals surface area contributed by atoms with Gasteiger partial charge in [-0.25, -0.2) is 9.97 Å². The Labute approximate surface area is 230 Å². The van der Waals surface area contributed by atoms with Gasteiger partial charge in [0.25, 0.3) is 0 Å². The van der Waals surface area contributed by atoms with E-state index in [9.17, 15) is 4.79 Å². The number of rotatable bonds is 9. The predicted molar refractivity (Wildman–Crippen MR) is 152 cm³/mol. The van der Waals surface area contributed by atoms with Gasteiger partial charge in [-0.3, -0.25) is 9.69 Å². The Morgan fingerprint density at radius 2 is 1.95 bits per heavy atom. The molecule has 8 nitrogen and oxygen atoms in total. The molecule has 0 bridgehead atoms. The summed E-state index contributed by atoms with van der Waals surface area (Å²) in [7, 11) is 4.81. The Morgan fingerprint density at radius 1 is 1.11 bits per heavy atom. The molecule has 1 amide bonds. The number of aryl methyl sites for hydroxylation is 1. The number of nitrogens with one attached hydrogen (secondary N) is 1. The van der Waals surface area contributed by atoms with Gasteiger partial charge in [0.15, 0.2) is 11.5 Å². The van der Waals surface area contributed by atoms with Gasteiger partial charge in [0.1, 0.15) is 0 Å². The zero-order valence-electron chi connectivity index (χ0n) is 21.8. The fourth-order valence-electron chi connectivity index (χ4n) is 4.83. The highest BCUT2D eigenvalue weighted by Gasteiger charge is 2.38. The molecule has 3 heterocycles. The van der Waals surface area contributed by atoms with E-state index >= 15 is 0 Å². The minimum atomic E-state index is -0.332. The highest BCUT2D eigenvalue weighted by molar-refractivity contribution is 7.99. The van der Waals surface area contributed by atoms with E-state index in [0.29, 0.717) is 30.2 Å². The maximum absolute atomic E-state index is 13.7. The number of aromatic nitrogens is 2. The number of carbonyl (C=O) groups is 1. The molecule has 2 atom stereocenters. The summed E-state index contributed by atoms with van der Waals surface area (Å²) < 4.78 is 17.9. The molecule has 5 rings (SSSR count). The van der Waals surface area contributed by atoms with Gasteiger partial charge in [0.05, 0.1) is 47.6 Å². The zero-order valence-corrected chi connectivity index (χ0v) is 23.4. The largest absolute Gasteiger partial charge is 0.493 e. The molecule has 10 heteroatoms. The first-order valence-electron chi connectivity index (χ1n) is 12.3. The van der Waals surface area contributed by atoms with Crippen LogP contribution in [0.1, 0.15) is 17.0 Å². The first-order valence-corrected chi connectivity index (χ1v) is 14.0. The van der Waals surface area contributed by atoms with Crippen molar-refractivity contribution < 1.29 is 19.0 Å². The lowest BCUT2D eigenvalue weighted by Crippen LogP contribution is -2.39. The number of methoxy groups -OCH3 is 3. The number of benzene rings is 2. The number of ether oxygens (including phenoxy) is 3. The Kier molecular flexibility index (Phi) is 8.01. The van der Waals surface area contributed by atoms with E-state index in [2.05, 4.69) is 20.2 Å². The molecule has 1 aliphatic rings. The average molecular weight is 551 g/mol. The van der Waals surface area contributed by atoms with Crippen molar-refractivity contribution in [3.05, 3.63) is 65.3 Å². The molecular weight excluding hydrogens is 520 g/mol. The lowest BCUT2D eigenvalue weighted by Gasteiger charge is -2.25. The van der Waals surface area contributed by atoms with E-state index in [4.69, 9.17) is 14.2 Å². The fraction of sp³-hybridized carbons (Fsp3) is 0.321. The Morgan fingerprint density at radius 3 is 2.68 bits per heavy atom. The van der Waals surface area contributed by atoms with E-state index in [1.165, 1.54) is 0 Å². The predicted octanol–water partition coefficient (Wildman–Crippen LogP) is 5.40. The van der Waals surface area contributed by atoms with Crippen LogP contribution in [0.3, 0.4) is 0 Å². The number of hydrogen-bond acceptors (Lipinski definition) is 9. The van der Waals surface area contributed by atoms with Crippen molar-refractivity contribution in [2.75, 3.05) is 33.2 Å². The Hall–Kier alpha value is -3.34. The summed E-state index contributed by atoms with van der Waals surface area (Å²) in [5.74, 6) is 1.70. The standard InChI is InChI=1S/C28H30N4O4S2/c1-17-30-21-13-19(9-11-24(21)37-17)31-28(33)22-14-20(38-25-7-5-6-12-29-25)16-32(22)15-18-8-10-23(34-2)27(36-4)26(18)35-3/h5-13,20,22H,14-16H2,1-4H3,(H,31,33)/t20-,22+/m1/s1. The van der Waals surface area contributed by atoms with Gasteiger partial charge in [0, 0.05) is 35.8 Å². The van der Waals surface area contributed by atoms with Gasteiger partial charge in [-0.05, 0) is 49.7 Å². The normalized spacial score (nSPS) is 17.5. The minimum Gasteiger partial charge on any atom is -0.493 e. The molecule has 0 unspecified atom stereocenters. The van der Waals surface area contributed by atoms with Crippen LogP contribution in [-0.4, -0.2) is 59.9 Å². The second kappa shape index (κ2) is 11.6. The van der Waals surface area contributed by atoms with Gasteiger partial charge < -0.3 is 19.5 Å². The number of thiazole rings is 1. The lowest BCUT2D eigenvalue weighted by molar-refractivity contribution is -0.120. The van der Waals surface area contributed by atoms with Crippen LogP contribution in [0.5, 0.6) is 17.2 Å². The molecule has 38 heavy (non-hydrogen) atoms. The van der Waals surface area contributed by atoms with Crippen LogP contribution in [0.2, 0.25) is 0 Å². The summed E-state index contributed by atoms with van der Waals surface area (Å²) in [6.07, 6.45) is 2.49. The summed E-state index contributed by atoms with van der Waals surface area (Å²) in [6.45, 7) is 3.23. The maximum Gasteiger partial charge on any atom is 0.241 e. The summed E-state index contributed by atoms with van der Waals surface area (Å²) in [6, 6.07) is 15.3. The van der Waals surface area contributed by atoms with Crippen molar-refractivity contribution in [3.8, 4) is 17.2 Å². The highest BCUT2D eigenvalue weighted by Crippen LogP contribution is 2.41. The molecule has 4 aromatic rings. The van der Waals surface area contributed by atoms with E-state index in [0.717, 1.165) is 38.0 Å². The molecule has 2 aromatic heterocycles. The number of nitrogens with zero attached hydrogens (tertiary/aromatic N) is 3. The monoisotopic (exact) mass is 550 g/mol. The Bertz CT molecular complexity index is 1430. The first-order chi connectivity index (χ1) is 18.5. The summed E-state index contributed by atoms with van der Waals surface area (Å²) in [4.78, 5) is 24.9. The number of thioether (sulfide) groups is 1. The van der Waals surface area contributed by atoms with Gasteiger partial charge in [-0.2, -0.15) is 0 Å². The van der Waals surface area contributed by atoms with Crippen LogP contribution >= 0.6 is 23.1 Å². The van der Waals surface area contributed by atoms with Crippen LogP contribution in [0.25, 0.3) is 10.2 Å². The topological polar surface area (TPSA) is 85.8 Å². The smallest absolute Gasteiger partial charge is 0.241 e. The summed E-state index contributed by atoms with van der Waals surface area (Å²) >= 11 is 3.35. The number of anilines is 1. The molecule has 1 N–H and O–H groups in total. The third kappa shape index (κ3) is 5.57. The van der Waals surface area contributed by atoms with Gasteiger partial charge >= 0.3 is 0 Å². The third-order valence-corrected chi connectivity index (χ3v) is 8.62.